The zero-order valence-electron chi connectivity index (χ0n) is 14.4. The van der Waals surface area contributed by atoms with Gasteiger partial charge in [-0.05, 0) is 32.8 Å². The van der Waals surface area contributed by atoms with E-state index in [9.17, 15) is 18.0 Å². The van der Waals surface area contributed by atoms with E-state index in [1.165, 1.54) is 6.92 Å². The van der Waals surface area contributed by atoms with Crippen LogP contribution in [0.15, 0.2) is 10.6 Å². The molecule has 0 saturated heterocycles. The van der Waals surface area contributed by atoms with E-state index in [1.54, 1.807) is 20.8 Å². The monoisotopic (exact) mass is 359 g/mol. The summed E-state index contributed by atoms with van der Waals surface area (Å²) in [5, 5.41) is 12.8. The number of rotatable bonds is 5. The van der Waals surface area contributed by atoms with Crippen molar-refractivity contribution in [2.45, 2.75) is 40.4 Å². The van der Waals surface area contributed by atoms with Crippen molar-refractivity contribution in [2.75, 3.05) is 11.9 Å². The molecule has 0 aliphatic carbocycles. The fourth-order valence-corrected chi connectivity index (χ4v) is 2.36. The van der Waals surface area contributed by atoms with Crippen molar-refractivity contribution in [1.29, 1.82) is 0 Å². The lowest BCUT2D eigenvalue weighted by Gasteiger charge is -2.16. The molecule has 1 unspecified atom stereocenters. The van der Waals surface area contributed by atoms with Crippen LogP contribution in [0.4, 0.5) is 23.7 Å². The van der Waals surface area contributed by atoms with Gasteiger partial charge in [-0.15, -0.1) is 0 Å². The number of nitrogens with zero attached hydrogens (tertiary/aromatic N) is 3. The average molecular weight is 359 g/mol. The Labute approximate surface area is 142 Å². The first-order valence-corrected chi connectivity index (χ1v) is 7.67. The number of anilines is 1. The number of carbonyl (C=O) groups is 1. The molecule has 2 amide bonds. The molecule has 0 aliphatic rings. The Morgan fingerprint density at radius 1 is 1.36 bits per heavy atom. The Bertz CT molecular complexity index is 731. The summed E-state index contributed by atoms with van der Waals surface area (Å²) in [6.45, 7) is 6.81. The summed E-state index contributed by atoms with van der Waals surface area (Å²) in [5.41, 5.74) is 0.524. The summed E-state index contributed by atoms with van der Waals surface area (Å²) >= 11 is 0. The van der Waals surface area contributed by atoms with Gasteiger partial charge in [0.2, 0.25) is 0 Å². The number of aromatic nitrogens is 3. The van der Waals surface area contributed by atoms with Crippen LogP contribution in [0.2, 0.25) is 0 Å². The molecule has 2 rings (SSSR count). The number of nitrogens with one attached hydrogen (secondary N) is 2. The molecule has 7 nitrogen and oxygen atoms in total. The Balaban J connectivity index is 1.91. The maximum atomic E-state index is 13.0. The highest BCUT2D eigenvalue weighted by molar-refractivity contribution is 5.90. The zero-order valence-corrected chi connectivity index (χ0v) is 14.4. The number of hydrogen-bond donors (Lipinski definition) is 2. The predicted molar refractivity (Wildman–Crippen MR) is 84.1 cm³/mol. The summed E-state index contributed by atoms with van der Waals surface area (Å²) in [6.07, 6.45) is -4.46. The lowest BCUT2D eigenvalue weighted by molar-refractivity contribution is -0.144. The molecule has 138 valence electrons. The third-order valence-electron chi connectivity index (χ3n) is 3.56. The van der Waals surface area contributed by atoms with Crippen molar-refractivity contribution in [3.8, 4) is 0 Å². The van der Waals surface area contributed by atoms with Crippen molar-refractivity contribution >= 4 is 11.7 Å². The summed E-state index contributed by atoms with van der Waals surface area (Å²) in [7, 11) is 0. The molecule has 0 aromatic carbocycles. The molecule has 0 aliphatic heterocycles. The van der Waals surface area contributed by atoms with E-state index in [4.69, 9.17) is 4.52 Å². The highest BCUT2D eigenvalue weighted by Gasteiger charge is 2.35. The SMILES string of the molecule is Cc1cc(C(F)(F)F)n(CC(C)CNC(=O)Nc2c(C)noc2C)n1. The van der Waals surface area contributed by atoms with Gasteiger partial charge in [0.05, 0.1) is 5.69 Å². The molecule has 2 aromatic heterocycles. The number of carbonyl (C=O) groups excluding carboxylic acids is 1. The molecule has 2 N–H and O–H groups in total. The van der Waals surface area contributed by atoms with Gasteiger partial charge in [-0.3, -0.25) is 4.68 Å². The van der Waals surface area contributed by atoms with E-state index in [1.807, 2.05) is 0 Å². The van der Waals surface area contributed by atoms with Crippen LogP contribution in [0.5, 0.6) is 0 Å². The maximum Gasteiger partial charge on any atom is 0.433 e. The Morgan fingerprint density at radius 3 is 2.60 bits per heavy atom. The topological polar surface area (TPSA) is 85.0 Å². The quantitative estimate of drug-likeness (QED) is 0.858. The van der Waals surface area contributed by atoms with E-state index in [-0.39, 0.29) is 19.0 Å². The smallest absolute Gasteiger partial charge is 0.359 e. The van der Waals surface area contributed by atoms with E-state index in [0.29, 0.717) is 22.8 Å². The molecule has 25 heavy (non-hydrogen) atoms. The van der Waals surface area contributed by atoms with E-state index < -0.39 is 17.9 Å². The van der Waals surface area contributed by atoms with Gasteiger partial charge in [-0.25, -0.2) is 4.79 Å². The second kappa shape index (κ2) is 7.16. The number of amides is 2. The van der Waals surface area contributed by atoms with Crippen LogP contribution in [0, 0.1) is 26.7 Å². The maximum absolute atomic E-state index is 13.0. The Hall–Kier alpha value is -2.52. The fourth-order valence-electron chi connectivity index (χ4n) is 2.36. The summed E-state index contributed by atoms with van der Waals surface area (Å²) in [4.78, 5) is 11.9. The summed E-state index contributed by atoms with van der Waals surface area (Å²) in [6, 6.07) is 0.526. The van der Waals surface area contributed by atoms with Crippen LogP contribution in [0.25, 0.3) is 0 Å². The largest absolute Gasteiger partial charge is 0.433 e. The minimum absolute atomic E-state index is 0.0360. The van der Waals surface area contributed by atoms with Gasteiger partial charge in [-0.1, -0.05) is 12.1 Å². The second-order valence-electron chi connectivity index (χ2n) is 5.99. The summed E-state index contributed by atoms with van der Waals surface area (Å²) < 4.78 is 44.7. The lowest BCUT2D eigenvalue weighted by Crippen LogP contribution is -2.34. The van der Waals surface area contributed by atoms with Gasteiger partial charge in [0.15, 0.2) is 5.76 Å². The molecule has 0 saturated carbocycles. The Morgan fingerprint density at radius 2 is 2.04 bits per heavy atom. The fraction of sp³-hybridized carbons (Fsp3) is 0.533. The van der Waals surface area contributed by atoms with Gasteiger partial charge in [0, 0.05) is 13.1 Å². The average Bonchev–Trinajstić information content (AvgIpc) is 3.02. The first-order chi connectivity index (χ1) is 11.6. The summed E-state index contributed by atoms with van der Waals surface area (Å²) in [5.74, 6) is 0.221. The number of halogens is 3. The standard InChI is InChI=1S/C15H20F3N5O2/c1-8(7-23-12(15(16,17)18)5-9(2)21-23)6-19-14(24)20-13-10(3)22-25-11(13)4/h5,8H,6-7H2,1-4H3,(H2,19,20,24). The van der Waals surface area contributed by atoms with Crippen molar-refractivity contribution in [3.05, 3.63) is 28.9 Å². The van der Waals surface area contributed by atoms with Gasteiger partial charge >= 0.3 is 12.2 Å². The molecule has 1 atom stereocenters. The van der Waals surface area contributed by atoms with Crippen molar-refractivity contribution in [1.82, 2.24) is 20.3 Å². The molecule has 2 aromatic rings. The molecule has 10 heteroatoms. The van der Waals surface area contributed by atoms with Crippen LogP contribution >= 0.6 is 0 Å². The zero-order chi connectivity index (χ0) is 18.8. The molecule has 0 fully saturated rings. The van der Waals surface area contributed by atoms with Gasteiger partial charge < -0.3 is 15.2 Å². The third kappa shape index (κ3) is 4.74. The second-order valence-corrected chi connectivity index (χ2v) is 5.99. The first kappa shape index (κ1) is 18.8. The first-order valence-electron chi connectivity index (χ1n) is 7.67. The molecule has 0 bridgehead atoms. The predicted octanol–water partition coefficient (Wildman–Crippen LogP) is 3.27. The van der Waals surface area contributed by atoms with Gasteiger partial charge in [0.1, 0.15) is 17.1 Å². The number of urea groups is 1. The van der Waals surface area contributed by atoms with E-state index >= 15 is 0 Å². The highest BCUT2D eigenvalue weighted by atomic mass is 19.4. The highest BCUT2D eigenvalue weighted by Crippen LogP contribution is 2.30. The minimum Gasteiger partial charge on any atom is -0.359 e. The van der Waals surface area contributed by atoms with E-state index in [0.717, 1.165) is 10.7 Å². The lowest BCUT2D eigenvalue weighted by atomic mass is 10.2. The molecular weight excluding hydrogens is 339 g/mol. The molecule has 0 radical (unpaired) electrons. The Kier molecular flexibility index (Phi) is 5.39. The van der Waals surface area contributed by atoms with Gasteiger partial charge in [0.25, 0.3) is 0 Å². The van der Waals surface area contributed by atoms with E-state index in [2.05, 4.69) is 20.9 Å². The minimum atomic E-state index is -4.46. The van der Waals surface area contributed by atoms with Crippen LogP contribution in [-0.4, -0.2) is 27.5 Å². The molecule has 2 heterocycles. The molecular formula is C15H20F3N5O2. The van der Waals surface area contributed by atoms with Crippen LogP contribution in [0.3, 0.4) is 0 Å². The van der Waals surface area contributed by atoms with Gasteiger partial charge in [-0.2, -0.15) is 18.3 Å². The van der Waals surface area contributed by atoms with Crippen molar-refractivity contribution < 1.29 is 22.5 Å². The third-order valence-corrected chi connectivity index (χ3v) is 3.56. The normalized spacial score (nSPS) is 12.9. The number of hydrogen-bond acceptors (Lipinski definition) is 4. The van der Waals surface area contributed by atoms with Crippen molar-refractivity contribution in [3.63, 3.8) is 0 Å². The number of aryl methyl sites for hydroxylation is 3. The van der Waals surface area contributed by atoms with Crippen LogP contribution < -0.4 is 10.6 Å². The molecule has 0 spiro atoms. The van der Waals surface area contributed by atoms with Crippen LogP contribution in [0.1, 0.15) is 29.8 Å². The number of alkyl halides is 3. The van der Waals surface area contributed by atoms with Crippen molar-refractivity contribution in [2.24, 2.45) is 5.92 Å². The van der Waals surface area contributed by atoms with Crippen LogP contribution in [-0.2, 0) is 12.7 Å².